The molecule has 0 spiro atoms. The second-order valence-corrected chi connectivity index (χ2v) is 3.92. The van der Waals surface area contributed by atoms with Crippen molar-refractivity contribution in [3.8, 4) is 5.75 Å². The number of hydrogen-bond acceptors (Lipinski definition) is 2. The number of amides is 1. The van der Waals surface area contributed by atoms with Crippen LogP contribution in [0.2, 0.25) is 0 Å². The van der Waals surface area contributed by atoms with Gasteiger partial charge in [-0.3, -0.25) is 4.79 Å². The molecule has 0 aliphatic carbocycles. The van der Waals surface area contributed by atoms with Gasteiger partial charge in [-0.25, -0.2) is 4.39 Å². The van der Waals surface area contributed by atoms with Crippen molar-refractivity contribution in [3.05, 3.63) is 29.6 Å². The van der Waals surface area contributed by atoms with Crippen molar-refractivity contribution in [2.45, 2.75) is 26.8 Å². The monoisotopic (exact) mass is 225 g/mol. The zero-order chi connectivity index (χ0) is 12.1. The molecule has 0 atom stereocenters. The lowest BCUT2D eigenvalue weighted by Gasteiger charge is -2.11. The molecule has 1 aromatic carbocycles. The Morgan fingerprint density at radius 1 is 1.50 bits per heavy atom. The van der Waals surface area contributed by atoms with Crippen LogP contribution < -0.4 is 10.1 Å². The predicted octanol–water partition coefficient (Wildman–Crippen LogP) is 2.04. The van der Waals surface area contributed by atoms with Gasteiger partial charge in [-0.2, -0.15) is 0 Å². The normalized spacial score (nSPS) is 10.3. The van der Waals surface area contributed by atoms with Crippen LogP contribution in [0.25, 0.3) is 0 Å². The standard InChI is InChI=1S/C12H16FNO2/c1-8(2)14-12(15)7-16-11-5-4-10(13)6-9(11)3/h4-6,8H,7H2,1-3H3,(H,14,15). The van der Waals surface area contributed by atoms with E-state index in [2.05, 4.69) is 5.32 Å². The highest BCUT2D eigenvalue weighted by Crippen LogP contribution is 2.17. The van der Waals surface area contributed by atoms with E-state index in [-0.39, 0.29) is 24.4 Å². The average Bonchev–Trinajstić information content (AvgIpc) is 2.15. The molecular formula is C12H16FNO2. The van der Waals surface area contributed by atoms with Gasteiger partial charge in [-0.15, -0.1) is 0 Å². The van der Waals surface area contributed by atoms with Gasteiger partial charge < -0.3 is 10.1 Å². The minimum absolute atomic E-state index is 0.0509. The zero-order valence-corrected chi connectivity index (χ0v) is 9.71. The maximum absolute atomic E-state index is 12.8. The van der Waals surface area contributed by atoms with Crippen LogP contribution >= 0.6 is 0 Å². The van der Waals surface area contributed by atoms with E-state index in [9.17, 15) is 9.18 Å². The van der Waals surface area contributed by atoms with Crippen LogP contribution in [0.3, 0.4) is 0 Å². The number of carbonyl (C=O) groups excluding carboxylic acids is 1. The van der Waals surface area contributed by atoms with E-state index >= 15 is 0 Å². The van der Waals surface area contributed by atoms with Gasteiger partial charge in [-0.05, 0) is 44.5 Å². The predicted molar refractivity (Wildman–Crippen MR) is 59.9 cm³/mol. The summed E-state index contributed by atoms with van der Waals surface area (Å²) in [7, 11) is 0. The first-order chi connectivity index (χ1) is 7.49. The Kier molecular flexibility index (Phi) is 4.28. The lowest BCUT2D eigenvalue weighted by atomic mass is 10.2. The molecule has 3 nitrogen and oxygen atoms in total. The summed E-state index contributed by atoms with van der Waals surface area (Å²) < 4.78 is 18.1. The van der Waals surface area contributed by atoms with E-state index in [1.165, 1.54) is 18.2 Å². The molecule has 1 N–H and O–H groups in total. The number of benzene rings is 1. The summed E-state index contributed by atoms with van der Waals surface area (Å²) >= 11 is 0. The number of rotatable bonds is 4. The van der Waals surface area contributed by atoms with Crippen molar-refractivity contribution in [2.24, 2.45) is 0 Å². The van der Waals surface area contributed by atoms with Crippen molar-refractivity contribution in [1.82, 2.24) is 5.32 Å². The molecule has 0 heterocycles. The molecule has 0 fully saturated rings. The molecule has 0 aromatic heterocycles. The Bertz CT molecular complexity index is 377. The first-order valence-corrected chi connectivity index (χ1v) is 5.17. The van der Waals surface area contributed by atoms with Gasteiger partial charge in [0.05, 0.1) is 0 Å². The Labute approximate surface area is 94.6 Å². The van der Waals surface area contributed by atoms with Crippen LogP contribution in [0.4, 0.5) is 4.39 Å². The summed E-state index contributed by atoms with van der Waals surface area (Å²) in [6, 6.07) is 4.29. The fourth-order valence-electron chi connectivity index (χ4n) is 1.28. The summed E-state index contributed by atoms with van der Waals surface area (Å²) in [5, 5.41) is 2.71. The van der Waals surface area contributed by atoms with Crippen molar-refractivity contribution >= 4 is 5.91 Å². The first-order valence-electron chi connectivity index (χ1n) is 5.17. The fraction of sp³-hybridized carbons (Fsp3) is 0.417. The zero-order valence-electron chi connectivity index (χ0n) is 9.71. The van der Waals surface area contributed by atoms with Gasteiger partial charge >= 0.3 is 0 Å². The van der Waals surface area contributed by atoms with Gasteiger partial charge in [0, 0.05) is 6.04 Å². The van der Waals surface area contributed by atoms with E-state index in [4.69, 9.17) is 4.74 Å². The molecule has 0 bridgehead atoms. The third kappa shape index (κ3) is 3.88. The second-order valence-electron chi connectivity index (χ2n) is 3.92. The molecule has 88 valence electrons. The smallest absolute Gasteiger partial charge is 0.258 e. The van der Waals surface area contributed by atoms with Crippen LogP contribution in [0.5, 0.6) is 5.75 Å². The summed E-state index contributed by atoms with van der Waals surface area (Å²) in [5.41, 5.74) is 0.678. The summed E-state index contributed by atoms with van der Waals surface area (Å²) in [6.45, 7) is 5.44. The highest BCUT2D eigenvalue weighted by Gasteiger charge is 2.06. The molecule has 0 saturated heterocycles. The highest BCUT2D eigenvalue weighted by molar-refractivity contribution is 5.77. The Morgan fingerprint density at radius 3 is 2.75 bits per heavy atom. The van der Waals surface area contributed by atoms with E-state index in [0.717, 1.165) is 0 Å². The van der Waals surface area contributed by atoms with Crippen LogP contribution in [0.15, 0.2) is 18.2 Å². The number of ether oxygens (including phenoxy) is 1. The van der Waals surface area contributed by atoms with Gasteiger partial charge in [-0.1, -0.05) is 0 Å². The Morgan fingerprint density at radius 2 is 2.19 bits per heavy atom. The van der Waals surface area contributed by atoms with Gasteiger partial charge in [0.25, 0.3) is 5.91 Å². The lowest BCUT2D eigenvalue weighted by Crippen LogP contribution is -2.34. The van der Waals surface area contributed by atoms with E-state index in [1.54, 1.807) is 6.92 Å². The largest absolute Gasteiger partial charge is 0.484 e. The van der Waals surface area contributed by atoms with Crippen molar-refractivity contribution < 1.29 is 13.9 Å². The van der Waals surface area contributed by atoms with E-state index < -0.39 is 0 Å². The highest BCUT2D eigenvalue weighted by atomic mass is 19.1. The first kappa shape index (κ1) is 12.5. The van der Waals surface area contributed by atoms with Gasteiger partial charge in [0.2, 0.25) is 0 Å². The van der Waals surface area contributed by atoms with Gasteiger partial charge in [0.15, 0.2) is 6.61 Å². The van der Waals surface area contributed by atoms with Crippen LogP contribution in [-0.4, -0.2) is 18.6 Å². The Hall–Kier alpha value is -1.58. The molecule has 4 heteroatoms. The third-order valence-electron chi connectivity index (χ3n) is 1.95. The molecule has 0 radical (unpaired) electrons. The lowest BCUT2D eigenvalue weighted by molar-refractivity contribution is -0.123. The fourth-order valence-corrected chi connectivity index (χ4v) is 1.28. The topological polar surface area (TPSA) is 38.3 Å². The molecule has 1 amide bonds. The average molecular weight is 225 g/mol. The Balaban J connectivity index is 2.51. The number of nitrogens with one attached hydrogen (secondary N) is 1. The van der Waals surface area contributed by atoms with Gasteiger partial charge in [0.1, 0.15) is 11.6 Å². The number of aryl methyl sites for hydroxylation is 1. The van der Waals surface area contributed by atoms with Crippen LogP contribution in [0, 0.1) is 12.7 Å². The minimum atomic E-state index is -0.309. The number of carbonyl (C=O) groups is 1. The molecule has 0 aliphatic heterocycles. The van der Waals surface area contributed by atoms with E-state index in [1.807, 2.05) is 13.8 Å². The second kappa shape index (κ2) is 5.49. The summed E-state index contributed by atoms with van der Waals surface area (Å²) in [5.74, 6) is 0.0375. The maximum atomic E-state index is 12.8. The molecule has 1 aromatic rings. The molecule has 16 heavy (non-hydrogen) atoms. The van der Waals surface area contributed by atoms with E-state index in [0.29, 0.717) is 11.3 Å². The molecule has 1 rings (SSSR count). The van der Waals surface area contributed by atoms with Crippen molar-refractivity contribution in [2.75, 3.05) is 6.61 Å². The maximum Gasteiger partial charge on any atom is 0.258 e. The third-order valence-corrected chi connectivity index (χ3v) is 1.95. The molecule has 0 saturated carbocycles. The quantitative estimate of drug-likeness (QED) is 0.851. The summed E-state index contributed by atoms with van der Waals surface area (Å²) in [4.78, 5) is 11.3. The SMILES string of the molecule is Cc1cc(F)ccc1OCC(=O)NC(C)C. The molecule has 0 aliphatic rings. The van der Waals surface area contributed by atoms with Crippen molar-refractivity contribution in [3.63, 3.8) is 0 Å². The van der Waals surface area contributed by atoms with Crippen LogP contribution in [-0.2, 0) is 4.79 Å². The summed E-state index contributed by atoms with van der Waals surface area (Å²) in [6.07, 6.45) is 0. The van der Waals surface area contributed by atoms with Crippen molar-refractivity contribution in [1.29, 1.82) is 0 Å². The number of halogens is 1. The number of hydrogen-bond donors (Lipinski definition) is 1. The molecular weight excluding hydrogens is 209 g/mol. The minimum Gasteiger partial charge on any atom is -0.484 e. The van der Waals surface area contributed by atoms with Crippen LogP contribution in [0.1, 0.15) is 19.4 Å². The molecule has 0 unspecified atom stereocenters.